The Labute approximate surface area is 259 Å². The fourth-order valence-corrected chi connectivity index (χ4v) is 4.09. The SMILES string of the molecule is Cc1cc(=O)oc2cc(NC(=O)C(CCCN=C(N)N)NC(=O)C(C)NC(=O)C(CCC(N)=O)NC(=O)OC(C)(C)C)ccc12. The number of amides is 5. The van der Waals surface area contributed by atoms with Gasteiger partial charge in [-0.1, -0.05) is 0 Å². The van der Waals surface area contributed by atoms with Crippen molar-refractivity contribution in [2.45, 2.75) is 84.0 Å². The minimum Gasteiger partial charge on any atom is -0.444 e. The summed E-state index contributed by atoms with van der Waals surface area (Å²) >= 11 is 0. The second-order valence-electron chi connectivity index (χ2n) is 11.4. The molecule has 5 amide bonds. The van der Waals surface area contributed by atoms with E-state index in [2.05, 4.69) is 26.3 Å². The molecule has 0 saturated heterocycles. The van der Waals surface area contributed by atoms with E-state index in [4.69, 9.17) is 26.4 Å². The van der Waals surface area contributed by atoms with Crippen molar-refractivity contribution in [3.63, 3.8) is 0 Å². The van der Waals surface area contributed by atoms with E-state index in [9.17, 15) is 28.8 Å². The lowest BCUT2D eigenvalue weighted by Crippen LogP contribution is -2.55. The first-order valence-electron chi connectivity index (χ1n) is 14.2. The number of aliphatic imine (C=N–C) groups is 1. The smallest absolute Gasteiger partial charge is 0.408 e. The number of anilines is 1. The van der Waals surface area contributed by atoms with Gasteiger partial charge in [-0.15, -0.1) is 0 Å². The minimum atomic E-state index is -1.24. The minimum absolute atomic E-state index is 0.123. The molecule has 1 aromatic carbocycles. The number of rotatable bonds is 14. The number of alkyl carbamates (subject to hydrolysis) is 1. The summed E-state index contributed by atoms with van der Waals surface area (Å²) in [7, 11) is 0. The number of hydrogen-bond acceptors (Lipinski definition) is 9. The summed E-state index contributed by atoms with van der Waals surface area (Å²) in [5.74, 6) is -2.90. The van der Waals surface area contributed by atoms with E-state index in [-0.39, 0.29) is 37.3 Å². The van der Waals surface area contributed by atoms with Crippen molar-refractivity contribution < 1.29 is 33.1 Å². The number of fused-ring (bicyclic) bond motifs is 1. The molecule has 0 spiro atoms. The predicted molar refractivity (Wildman–Crippen MR) is 167 cm³/mol. The highest BCUT2D eigenvalue weighted by atomic mass is 16.6. The number of carbonyl (C=O) groups is 5. The Balaban J connectivity index is 2.17. The van der Waals surface area contributed by atoms with E-state index in [0.717, 1.165) is 0 Å². The van der Waals surface area contributed by atoms with Crippen LogP contribution in [0.25, 0.3) is 11.0 Å². The highest BCUT2D eigenvalue weighted by molar-refractivity contribution is 6.00. The average Bonchev–Trinajstić information content (AvgIpc) is 2.90. The van der Waals surface area contributed by atoms with Crippen LogP contribution in [-0.2, 0) is 23.9 Å². The van der Waals surface area contributed by atoms with Crippen LogP contribution < -0.4 is 44.1 Å². The Hall–Kier alpha value is -5.15. The molecule has 3 atom stereocenters. The number of primary amides is 1. The summed E-state index contributed by atoms with van der Waals surface area (Å²) in [5.41, 5.74) is 15.9. The first kappa shape index (κ1) is 36.0. The maximum Gasteiger partial charge on any atom is 0.408 e. The van der Waals surface area contributed by atoms with Crippen molar-refractivity contribution in [1.29, 1.82) is 0 Å². The van der Waals surface area contributed by atoms with Crippen molar-refractivity contribution in [2.24, 2.45) is 22.2 Å². The molecular formula is C29H42N8O8. The van der Waals surface area contributed by atoms with Crippen molar-refractivity contribution in [2.75, 3.05) is 11.9 Å². The summed E-state index contributed by atoms with van der Waals surface area (Å²) in [4.78, 5) is 78.7. The molecule has 10 N–H and O–H groups in total. The zero-order chi connectivity index (χ0) is 33.9. The first-order valence-corrected chi connectivity index (χ1v) is 14.2. The van der Waals surface area contributed by atoms with E-state index in [1.165, 1.54) is 19.1 Å². The van der Waals surface area contributed by atoms with E-state index in [1.54, 1.807) is 39.8 Å². The monoisotopic (exact) mass is 630 g/mol. The molecule has 16 nitrogen and oxygen atoms in total. The zero-order valence-electron chi connectivity index (χ0n) is 26.0. The standard InChI is InChI=1S/C29H42N8O8/c1-15-13-23(39)44-21-14-17(8-9-18(15)21)35-26(42)19(7-6-12-33-27(31)32)36-24(40)16(2)34-25(41)20(10-11-22(30)38)37-28(43)45-29(3,4)5/h8-9,13-14,16,19-20H,6-7,10-12H2,1-5H3,(H2,30,38)(H,34,41)(H,35,42)(H,36,40)(H,37,43)(H4,31,32,33). The molecule has 0 aliphatic heterocycles. The molecule has 0 radical (unpaired) electrons. The number of nitrogens with one attached hydrogen (secondary N) is 4. The van der Waals surface area contributed by atoms with Crippen LogP contribution in [0.2, 0.25) is 0 Å². The number of aryl methyl sites for hydroxylation is 1. The Morgan fingerprint density at radius 2 is 1.60 bits per heavy atom. The lowest BCUT2D eigenvalue weighted by Gasteiger charge is -2.25. The lowest BCUT2D eigenvalue weighted by molar-refractivity contribution is -0.131. The van der Waals surface area contributed by atoms with Crippen LogP contribution in [0.1, 0.15) is 58.9 Å². The van der Waals surface area contributed by atoms with Gasteiger partial charge in [-0.3, -0.25) is 24.2 Å². The number of hydrogen-bond donors (Lipinski definition) is 7. The molecule has 246 valence electrons. The van der Waals surface area contributed by atoms with Gasteiger partial charge in [-0.05, 0) is 71.6 Å². The van der Waals surface area contributed by atoms with E-state index >= 15 is 0 Å². The van der Waals surface area contributed by atoms with Crippen LogP contribution in [0.5, 0.6) is 0 Å². The Kier molecular flexibility index (Phi) is 12.9. The number of nitrogens with two attached hydrogens (primary N) is 3. The van der Waals surface area contributed by atoms with E-state index < -0.39 is 59.1 Å². The largest absolute Gasteiger partial charge is 0.444 e. The van der Waals surface area contributed by atoms with Crippen LogP contribution in [0.4, 0.5) is 10.5 Å². The molecule has 2 aromatic rings. The average molecular weight is 631 g/mol. The van der Waals surface area contributed by atoms with Crippen molar-refractivity contribution in [3.8, 4) is 0 Å². The van der Waals surface area contributed by atoms with Gasteiger partial charge in [0, 0.05) is 36.2 Å². The van der Waals surface area contributed by atoms with Gasteiger partial charge in [-0.25, -0.2) is 9.59 Å². The van der Waals surface area contributed by atoms with Crippen LogP contribution in [0.15, 0.2) is 38.5 Å². The Morgan fingerprint density at radius 3 is 2.22 bits per heavy atom. The summed E-state index contributed by atoms with van der Waals surface area (Å²) in [6.45, 7) is 8.24. The van der Waals surface area contributed by atoms with Crippen LogP contribution in [0, 0.1) is 6.92 Å². The Bertz CT molecular complexity index is 1490. The second-order valence-corrected chi connectivity index (χ2v) is 11.4. The number of benzene rings is 1. The summed E-state index contributed by atoms with van der Waals surface area (Å²) in [5, 5.41) is 10.9. The lowest BCUT2D eigenvalue weighted by atomic mass is 10.1. The molecular weight excluding hydrogens is 588 g/mol. The van der Waals surface area contributed by atoms with Crippen molar-refractivity contribution >= 4 is 52.3 Å². The van der Waals surface area contributed by atoms with Gasteiger partial charge in [0.05, 0.1) is 0 Å². The first-order chi connectivity index (χ1) is 20.9. The van der Waals surface area contributed by atoms with Gasteiger partial charge in [0.25, 0.3) is 0 Å². The Morgan fingerprint density at radius 1 is 0.933 bits per heavy atom. The maximum atomic E-state index is 13.3. The number of ether oxygens (including phenoxy) is 1. The molecule has 16 heteroatoms. The van der Waals surface area contributed by atoms with Gasteiger partial charge in [0.15, 0.2) is 5.96 Å². The predicted octanol–water partition coefficient (Wildman–Crippen LogP) is 0.242. The van der Waals surface area contributed by atoms with Crippen molar-refractivity contribution in [1.82, 2.24) is 16.0 Å². The maximum absolute atomic E-state index is 13.3. The number of nitrogens with zero attached hydrogens (tertiary/aromatic N) is 1. The highest BCUT2D eigenvalue weighted by Crippen LogP contribution is 2.21. The fourth-order valence-electron chi connectivity index (χ4n) is 4.09. The topological polar surface area (TPSA) is 263 Å². The molecule has 3 unspecified atom stereocenters. The molecule has 0 fully saturated rings. The summed E-state index contributed by atoms with van der Waals surface area (Å²) < 4.78 is 10.4. The molecule has 0 saturated carbocycles. The molecule has 2 rings (SSSR count). The van der Waals surface area contributed by atoms with Gasteiger partial charge in [-0.2, -0.15) is 0 Å². The third-order valence-electron chi connectivity index (χ3n) is 6.24. The van der Waals surface area contributed by atoms with Crippen molar-refractivity contribution in [3.05, 3.63) is 40.2 Å². The van der Waals surface area contributed by atoms with E-state index in [1.807, 2.05) is 0 Å². The molecule has 0 aliphatic rings. The zero-order valence-corrected chi connectivity index (χ0v) is 26.0. The van der Waals surface area contributed by atoms with Crippen LogP contribution >= 0.6 is 0 Å². The third-order valence-corrected chi connectivity index (χ3v) is 6.24. The highest BCUT2D eigenvalue weighted by Gasteiger charge is 2.29. The summed E-state index contributed by atoms with van der Waals surface area (Å²) in [6, 6.07) is 2.67. The summed E-state index contributed by atoms with van der Waals surface area (Å²) in [6.07, 6.45) is -0.819. The third kappa shape index (κ3) is 12.5. The van der Waals surface area contributed by atoms with Gasteiger partial charge >= 0.3 is 11.7 Å². The quantitative estimate of drug-likeness (QED) is 0.0647. The van der Waals surface area contributed by atoms with Gasteiger partial charge < -0.3 is 47.6 Å². The molecule has 0 aliphatic carbocycles. The van der Waals surface area contributed by atoms with Crippen LogP contribution in [0.3, 0.4) is 0 Å². The molecule has 0 bridgehead atoms. The number of guanidine groups is 1. The fraction of sp³-hybridized carbons (Fsp3) is 0.483. The van der Waals surface area contributed by atoms with Gasteiger partial charge in [0.1, 0.15) is 29.3 Å². The van der Waals surface area contributed by atoms with E-state index in [0.29, 0.717) is 23.1 Å². The molecule has 1 aromatic heterocycles. The van der Waals surface area contributed by atoms with Gasteiger partial charge in [0.2, 0.25) is 23.6 Å². The normalized spacial score (nSPS) is 13.1. The number of carbonyl (C=O) groups excluding carboxylic acids is 5. The second kappa shape index (κ2) is 16.1. The molecule has 45 heavy (non-hydrogen) atoms. The molecule has 1 heterocycles. The van der Waals surface area contributed by atoms with Crippen LogP contribution in [-0.4, -0.2) is 66.0 Å².